The molecule has 0 spiro atoms. The van der Waals surface area contributed by atoms with E-state index in [9.17, 15) is 0 Å². The van der Waals surface area contributed by atoms with Gasteiger partial charge in [0.05, 0.1) is 0 Å². The van der Waals surface area contributed by atoms with Crippen LogP contribution in [0.4, 0.5) is 5.13 Å². The summed E-state index contributed by atoms with van der Waals surface area (Å²) in [6.45, 7) is 6.80. The van der Waals surface area contributed by atoms with Crippen molar-refractivity contribution in [1.82, 2.24) is 9.88 Å². The van der Waals surface area contributed by atoms with Crippen LogP contribution < -0.4 is 5.73 Å². The molecule has 0 amide bonds. The number of nitrogens with zero attached hydrogens (tertiary/aromatic N) is 2. The summed E-state index contributed by atoms with van der Waals surface area (Å²) in [7, 11) is 0. The monoisotopic (exact) mass is 289 g/mol. The second-order valence-corrected chi connectivity index (χ2v) is 6.57. The molecule has 1 aromatic rings. The van der Waals surface area contributed by atoms with Crippen LogP contribution >= 0.6 is 23.7 Å². The predicted molar refractivity (Wildman–Crippen MR) is 81.3 cm³/mol. The molecule has 2 rings (SSSR count). The zero-order valence-corrected chi connectivity index (χ0v) is 12.9. The van der Waals surface area contributed by atoms with Gasteiger partial charge < -0.3 is 5.73 Å². The highest BCUT2D eigenvalue weighted by atomic mass is 35.5. The third kappa shape index (κ3) is 4.41. The fraction of sp³-hybridized carbons (Fsp3) is 0.769. The molecule has 5 heteroatoms. The van der Waals surface area contributed by atoms with E-state index in [0.717, 1.165) is 18.5 Å². The minimum absolute atomic E-state index is 0. The molecule has 0 atom stereocenters. The first-order valence-electron chi connectivity index (χ1n) is 6.59. The topological polar surface area (TPSA) is 42.2 Å². The van der Waals surface area contributed by atoms with E-state index in [-0.39, 0.29) is 12.4 Å². The molecular formula is C13H24ClN3S. The lowest BCUT2D eigenvalue weighted by Gasteiger charge is -2.29. The average molecular weight is 290 g/mol. The van der Waals surface area contributed by atoms with Crippen molar-refractivity contribution >= 4 is 28.9 Å². The minimum atomic E-state index is 0. The molecule has 1 aliphatic carbocycles. The van der Waals surface area contributed by atoms with Gasteiger partial charge in [0.25, 0.3) is 0 Å². The number of hydrogen-bond acceptors (Lipinski definition) is 4. The normalized spacial score (nSPS) is 16.4. The van der Waals surface area contributed by atoms with Gasteiger partial charge in [-0.3, -0.25) is 4.90 Å². The van der Waals surface area contributed by atoms with Crippen molar-refractivity contribution < 1.29 is 0 Å². The van der Waals surface area contributed by atoms with Gasteiger partial charge in [0.2, 0.25) is 0 Å². The molecule has 1 saturated carbocycles. The Hall–Kier alpha value is -0.320. The van der Waals surface area contributed by atoms with Gasteiger partial charge in [0.15, 0.2) is 5.13 Å². The number of thiazole rings is 1. The van der Waals surface area contributed by atoms with Gasteiger partial charge in [0, 0.05) is 30.2 Å². The van der Waals surface area contributed by atoms with Crippen LogP contribution in [0, 0.1) is 5.92 Å². The van der Waals surface area contributed by atoms with E-state index >= 15 is 0 Å². The van der Waals surface area contributed by atoms with E-state index in [1.807, 2.05) is 6.20 Å². The molecule has 1 fully saturated rings. The van der Waals surface area contributed by atoms with Crippen LogP contribution in [-0.4, -0.2) is 22.5 Å². The molecule has 1 aliphatic rings. The Morgan fingerprint density at radius 2 is 2.11 bits per heavy atom. The van der Waals surface area contributed by atoms with E-state index in [1.54, 1.807) is 11.3 Å². The zero-order valence-electron chi connectivity index (χ0n) is 11.3. The lowest BCUT2D eigenvalue weighted by atomic mass is 10.1. The van der Waals surface area contributed by atoms with Crippen LogP contribution in [0.15, 0.2) is 6.20 Å². The Kier molecular flexibility index (Phi) is 6.39. The van der Waals surface area contributed by atoms with Gasteiger partial charge in [0.1, 0.15) is 0 Å². The van der Waals surface area contributed by atoms with E-state index in [2.05, 4.69) is 23.7 Å². The van der Waals surface area contributed by atoms with Gasteiger partial charge in [-0.25, -0.2) is 4.98 Å². The number of halogens is 1. The van der Waals surface area contributed by atoms with Crippen LogP contribution in [0.25, 0.3) is 0 Å². The van der Waals surface area contributed by atoms with E-state index in [0.29, 0.717) is 5.13 Å². The maximum absolute atomic E-state index is 5.70. The average Bonchev–Trinajstić information content (AvgIpc) is 2.87. The van der Waals surface area contributed by atoms with Crippen molar-refractivity contribution in [1.29, 1.82) is 0 Å². The van der Waals surface area contributed by atoms with Gasteiger partial charge in [-0.15, -0.1) is 23.7 Å². The quantitative estimate of drug-likeness (QED) is 0.901. The van der Waals surface area contributed by atoms with Crippen LogP contribution in [0.5, 0.6) is 0 Å². The molecule has 0 unspecified atom stereocenters. The van der Waals surface area contributed by atoms with Crippen molar-refractivity contribution in [2.24, 2.45) is 5.92 Å². The molecule has 0 radical (unpaired) electrons. The Bertz CT molecular complexity index is 348. The third-order valence-corrected chi connectivity index (χ3v) is 4.18. The number of anilines is 1. The largest absolute Gasteiger partial charge is 0.375 e. The smallest absolute Gasteiger partial charge is 0.180 e. The van der Waals surface area contributed by atoms with E-state index < -0.39 is 0 Å². The number of aromatic nitrogens is 1. The first kappa shape index (κ1) is 15.7. The summed E-state index contributed by atoms with van der Waals surface area (Å²) in [5.41, 5.74) is 5.70. The molecule has 1 heterocycles. The maximum atomic E-state index is 5.70. The van der Waals surface area contributed by atoms with Gasteiger partial charge in [-0.05, 0) is 18.8 Å². The van der Waals surface area contributed by atoms with Gasteiger partial charge in [-0.1, -0.05) is 26.7 Å². The summed E-state index contributed by atoms with van der Waals surface area (Å²) in [6, 6.07) is 0.778. The number of rotatable bonds is 5. The Labute approximate surface area is 120 Å². The first-order chi connectivity index (χ1) is 8.15. The van der Waals surface area contributed by atoms with Crippen molar-refractivity contribution in [2.75, 3.05) is 12.3 Å². The molecule has 1 aromatic heterocycles. The Balaban J connectivity index is 0.00000162. The molecular weight excluding hydrogens is 266 g/mol. The first-order valence-corrected chi connectivity index (χ1v) is 7.41. The predicted octanol–water partition coefficient (Wildman–Crippen LogP) is 3.55. The standard InChI is InChI=1S/C13H23N3S.ClH/c1-10(2)8-16(11-5-3-4-6-11)9-12-7-15-13(14)17-12;/h7,10-11H,3-6,8-9H2,1-2H3,(H2,14,15);1H. The lowest BCUT2D eigenvalue weighted by molar-refractivity contribution is 0.170. The van der Waals surface area contributed by atoms with E-state index in [1.165, 1.54) is 37.1 Å². The van der Waals surface area contributed by atoms with Crippen molar-refractivity contribution in [2.45, 2.75) is 52.1 Å². The molecule has 0 aliphatic heterocycles. The number of nitrogen functional groups attached to an aromatic ring is 1. The highest BCUT2D eigenvalue weighted by Crippen LogP contribution is 2.27. The Morgan fingerprint density at radius 3 is 2.61 bits per heavy atom. The summed E-state index contributed by atoms with van der Waals surface area (Å²) in [5.74, 6) is 0.723. The van der Waals surface area contributed by atoms with Crippen LogP contribution in [-0.2, 0) is 6.54 Å². The fourth-order valence-electron chi connectivity index (χ4n) is 2.68. The molecule has 18 heavy (non-hydrogen) atoms. The number of hydrogen-bond donors (Lipinski definition) is 1. The van der Waals surface area contributed by atoms with E-state index in [4.69, 9.17) is 5.73 Å². The summed E-state index contributed by atoms with van der Waals surface area (Å²) in [4.78, 5) is 8.08. The third-order valence-electron chi connectivity index (χ3n) is 3.37. The summed E-state index contributed by atoms with van der Waals surface area (Å²) >= 11 is 1.63. The van der Waals surface area contributed by atoms with Gasteiger partial charge in [-0.2, -0.15) is 0 Å². The lowest BCUT2D eigenvalue weighted by Crippen LogP contribution is -2.35. The van der Waals surface area contributed by atoms with Gasteiger partial charge >= 0.3 is 0 Å². The second kappa shape index (κ2) is 7.31. The molecule has 0 bridgehead atoms. The summed E-state index contributed by atoms with van der Waals surface area (Å²) < 4.78 is 0. The maximum Gasteiger partial charge on any atom is 0.180 e. The van der Waals surface area contributed by atoms with Crippen LogP contribution in [0.2, 0.25) is 0 Å². The molecule has 104 valence electrons. The fourth-order valence-corrected chi connectivity index (χ4v) is 3.39. The second-order valence-electron chi connectivity index (χ2n) is 5.43. The Morgan fingerprint density at radius 1 is 1.44 bits per heavy atom. The van der Waals surface area contributed by atoms with Crippen LogP contribution in [0.1, 0.15) is 44.4 Å². The molecule has 0 saturated heterocycles. The molecule has 0 aromatic carbocycles. The SMILES string of the molecule is CC(C)CN(Cc1cnc(N)s1)C1CCCC1.Cl. The summed E-state index contributed by atoms with van der Waals surface area (Å²) in [6.07, 6.45) is 7.44. The van der Waals surface area contributed by atoms with Crippen molar-refractivity contribution in [3.8, 4) is 0 Å². The highest BCUT2D eigenvalue weighted by molar-refractivity contribution is 7.15. The summed E-state index contributed by atoms with van der Waals surface area (Å²) in [5, 5.41) is 0.691. The number of nitrogens with two attached hydrogens (primary N) is 1. The molecule has 2 N–H and O–H groups in total. The van der Waals surface area contributed by atoms with Crippen LogP contribution in [0.3, 0.4) is 0 Å². The van der Waals surface area contributed by atoms with Crippen molar-refractivity contribution in [3.05, 3.63) is 11.1 Å². The highest BCUT2D eigenvalue weighted by Gasteiger charge is 2.23. The minimum Gasteiger partial charge on any atom is -0.375 e. The zero-order chi connectivity index (χ0) is 12.3. The molecule has 3 nitrogen and oxygen atoms in total. The van der Waals surface area contributed by atoms with Crippen molar-refractivity contribution in [3.63, 3.8) is 0 Å².